The molecule has 0 saturated carbocycles. The molecule has 2 rings (SSSR count). The van der Waals surface area contributed by atoms with Gasteiger partial charge in [0.05, 0.1) is 0 Å². The van der Waals surface area contributed by atoms with E-state index in [0.29, 0.717) is 11.3 Å². The minimum Gasteiger partial charge on any atom is -0.308 e. The van der Waals surface area contributed by atoms with Crippen molar-refractivity contribution >= 4 is 35.0 Å². The van der Waals surface area contributed by atoms with Crippen molar-refractivity contribution in [3.63, 3.8) is 0 Å². The third kappa shape index (κ3) is 4.68. The molecule has 22 heavy (non-hydrogen) atoms. The van der Waals surface area contributed by atoms with E-state index in [0.717, 1.165) is 5.56 Å². The molecule has 0 aliphatic heterocycles. The highest BCUT2D eigenvalue weighted by molar-refractivity contribution is 7.80. The summed E-state index contributed by atoms with van der Waals surface area (Å²) in [6.07, 6.45) is 0. The summed E-state index contributed by atoms with van der Waals surface area (Å²) in [7, 11) is 0. The molecule has 0 radical (unpaired) electrons. The van der Waals surface area contributed by atoms with E-state index in [4.69, 9.17) is 12.2 Å². The summed E-state index contributed by atoms with van der Waals surface area (Å²) in [5, 5.41) is 7.39. The van der Waals surface area contributed by atoms with E-state index in [1.54, 1.807) is 36.4 Å². The van der Waals surface area contributed by atoms with Crippen molar-refractivity contribution < 1.29 is 9.59 Å². The van der Waals surface area contributed by atoms with Gasteiger partial charge in [-0.1, -0.05) is 35.9 Å². The molecule has 0 fully saturated rings. The first kappa shape index (κ1) is 15.7. The second-order valence-electron chi connectivity index (χ2n) is 4.59. The zero-order valence-corrected chi connectivity index (χ0v) is 12.7. The van der Waals surface area contributed by atoms with E-state index < -0.39 is 6.03 Å². The molecule has 2 aromatic carbocycles. The van der Waals surface area contributed by atoms with Gasteiger partial charge in [-0.2, -0.15) is 0 Å². The third-order valence-corrected chi connectivity index (χ3v) is 3.00. The highest BCUT2D eigenvalue weighted by Gasteiger charge is 2.10. The van der Waals surface area contributed by atoms with Crippen LogP contribution in [0.25, 0.3) is 0 Å². The molecule has 6 heteroatoms. The van der Waals surface area contributed by atoms with Crippen molar-refractivity contribution in [2.45, 2.75) is 6.92 Å². The van der Waals surface area contributed by atoms with E-state index in [-0.39, 0.29) is 11.0 Å². The minimum absolute atomic E-state index is 0.0565. The van der Waals surface area contributed by atoms with E-state index in [1.165, 1.54) is 0 Å². The van der Waals surface area contributed by atoms with Gasteiger partial charge in [0, 0.05) is 11.3 Å². The lowest BCUT2D eigenvalue weighted by atomic mass is 10.1. The van der Waals surface area contributed by atoms with Gasteiger partial charge in [-0.05, 0) is 43.4 Å². The fourth-order valence-electron chi connectivity index (χ4n) is 1.70. The van der Waals surface area contributed by atoms with Gasteiger partial charge in [-0.3, -0.25) is 15.4 Å². The molecule has 112 valence electrons. The lowest BCUT2D eigenvalue weighted by Gasteiger charge is -2.10. The number of aryl methyl sites for hydroxylation is 1. The zero-order valence-electron chi connectivity index (χ0n) is 11.9. The monoisotopic (exact) mass is 313 g/mol. The number of anilines is 1. The summed E-state index contributed by atoms with van der Waals surface area (Å²) in [6.45, 7) is 1.93. The van der Waals surface area contributed by atoms with Gasteiger partial charge in [0.2, 0.25) is 0 Å². The first-order valence-electron chi connectivity index (χ1n) is 6.59. The number of hydrogen-bond donors (Lipinski definition) is 3. The van der Waals surface area contributed by atoms with Crippen LogP contribution in [-0.2, 0) is 0 Å². The number of rotatable bonds is 2. The standard InChI is InChI=1S/C16H15N3O2S/c1-11-7-9-12(10-8-11)14(20)18-16(22)19-15(21)17-13-5-3-2-4-6-13/h2-10H,1H3,(H3,17,18,19,20,21,22). The van der Waals surface area contributed by atoms with Crippen LogP contribution in [0.5, 0.6) is 0 Å². The van der Waals surface area contributed by atoms with E-state index in [2.05, 4.69) is 16.0 Å². The Morgan fingerprint density at radius 3 is 2.18 bits per heavy atom. The van der Waals surface area contributed by atoms with Gasteiger partial charge >= 0.3 is 6.03 Å². The molecule has 0 atom stereocenters. The van der Waals surface area contributed by atoms with Crippen LogP contribution >= 0.6 is 12.2 Å². The van der Waals surface area contributed by atoms with Gasteiger partial charge in [-0.25, -0.2) is 4.79 Å². The SMILES string of the molecule is Cc1ccc(C(=O)NC(=S)NC(=O)Nc2ccccc2)cc1. The highest BCUT2D eigenvalue weighted by atomic mass is 32.1. The molecule has 0 saturated heterocycles. The fourth-order valence-corrected chi connectivity index (χ4v) is 1.88. The second kappa shape index (κ2) is 7.33. The lowest BCUT2D eigenvalue weighted by molar-refractivity contribution is 0.0977. The van der Waals surface area contributed by atoms with E-state index >= 15 is 0 Å². The Balaban J connectivity index is 1.86. The summed E-state index contributed by atoms with van der Waals surface area (Å²) < 4.78 is 0. The van der Waals surface area contributed by atoms with Gasteiger partial charge in [0.1, 0.15) is 0 Å². The Kier molecular flexibility index (Phi) is 5.21. The molecule has 3 N–H and O–H groups in total. The Morgan fingerprint density at radius 1 is 0.909 bits per heavy atom. The number of para-hydroxylation sites is 1. The van der Waals surface area contributed by atoms with Crippen LogP contribution in [0, 0.1) is 6.92 Å². The van der Waals surface area contributed by atoms with Gasteiger partial charge in [-0.15, -0.1) is 0 Å². The van der Waals surface area contributed by atoms with Crippen LogP contribution in [-0.4, -0.2) is 17.1 Å². The smallest absolute Gasteiger partial charge is 0.308 e. The van der Waals surface area contributed by atoms with Gasteiger partial charge in [0.25, 0.3) is 5.91 Å². The maximum atomic E-state index is 11.9. The summed E-state index contributed by atoms with van der Waals surface area (Å²) in [5.41, 5.74) is 2.16. The van der Waals surface area contributed by atoms with Crippen LogP contribution in [0.4, 0.5) is 10.5 Å². The van der Waals surface area contributed by atoms with Crippen molar-refractivity contribution in [1.82, 2.24) is 10.6 Å². The second-order valence-corrected chi connectivity index (χ2v) is 5.00. The number of carbonyl (C=O) groups excluding carboxylic acids is 2. The fraction of sp³-hybridized carbons (Fsp3) is 0.0625. The highest BCUT2D eigenvalue weighted by Crippen LogP contribution is 2.04. The number of nitrogens with one attached hydrogen (secondary N) is 3. The number of hydrogen-bond acceptors (Lipinski definition) is 3. The number of carbonyl (C=O) groups is 2. The average molecular weight is 313 g/mol. The number of benzene rings is 2. The van der Waals surface area contributed by atoms with Crippen molar-refractivity contribution in [3.8, 4) is 0 Å². The van der Waals surface area contributed by atoms with Crippen LogP contribution < -0.4 is 16.0 Å². The molecule has 0 aliphatic carbocycles. The molecule has 2 aromatic rings. The first-order chi connectivity index (χ1) is 10.5. The molecule has 0 spiro atoms. The average Bonchev–Trinajstić information content (AvgIpc) is 2.48. The number of amides is 3. The lowest BCUT2D eigenvalue weighted by Crippen LogP contribution is -2.44. The first-order valence-corrected chi connectivity index (χ1v) is 7.00. The Bertz CT molecular complexity index is 684. The topological polar surface area (TPSA) is 70.2 Å². The van der Waals surface area contributed by atoms with Crippen molar-refractivity contribution in [2.24, 2.45) is 0 Å². The normalized spacial score (nSPS) is 9.68. The van der Waals surface area contributed by atoms with Crippen molar-refractivity contribution in [3.05, 3.63) is 65.7 Å². The molecule has 0 unspecified atom stereocenters. The third-order valence-electron chi connectivity index (χ3n) is 2.80. The number of thiocarbonyl (C=S) groups is 1. The van der Waals surface area contributed by atoms with Gasteiger partial charge in [0.15, 0.2) is 5.11 Å². The molecule has 0 bridgehead atoms. The molecular weight excluding hydrogens is 298 g/mol. The van der Waals surface area contributed by atoms with Crippen molar-refractivity contribution in [2.75, 3.05) is 5.32 Å². The molecule has 5 nitrogen and oxygen atoms in total. The maximum Gasteiger partial charge on any atom is 0.325 e. The molecule has 0 aromatic heterocycles. The summed E-state index contributed by atoms with van der Waals surface area (Å²) in [4.78, 5) is 23.7. The minimum atomic E-state index is -0.514. The Hall–Kier alpha value is -2.73. The maximum absolute atomic E-state index is 11.9. The zero-order chi connectivity index (χ0) is 15.9. The van der Waals surface area contributed by atoms with Crippen LogP contribution in [0.1, 0.15) is 15.9 Å². The van der Waals surface area contributed by atoms with E-state index in [1.807, 2.05) is 25.1 Å². The molecule has 3 amide bonds. The predicted molar refractivity (Wildman–Crippen MR) is 89.8 cm³/mol. The Labute approximate surface area is 133 Å². The van der Waals surface area contributed by atoms with Crippen LogP contribution in [0.15, 0.2) is 54.6 Å². The van der Waals surface area contributed by atoms with E-state index in [9.17, 15) is 9.59 Å². The Morgan fingerprint density at radius 2 is 1.55 bits per heavy atom. The van der Waals surface area contributed by atoms with Crippen LogP contribution in [0.3, 0.4) is 0 Å². The van der Waals surface area contributed by atoms with Gasteiger partial charge < -0.3 is 5.32 Å². The quantitative estimate of drug-likeness (QED) is 0.747. The predicted octanol–water partition coefficient (Wildman–Crippen LogP) is 2.83. The van der Waals surface area contributed by atoms with Crippen LogP contribution in [0.2, 0.25) is 0 Å². The summed E-state index contributed by atoms with van der Waals surface area (Å²) in [5.74, 6) is -0.370. The summed E-state index contributed by atoms with van der Waals surface area (Å²) in [6, 6.07) is 15.5. The molecular formula is C16H15N3O2S. The molecule has 0 aliphatic rings. The number of urea groups is 1. The largest absolute Gasteiger partial charge is 0.325 e. The van der Waals surface area contributed by atoms with Crippen molar-refractivity contribution in [1.29, 1.82) is 0 Å². The summed E-state index contributed by atoms with van der Waals surface area (Å²) >= 11 is 4.94. The molecule has 0 heterocycles.